The maximum atomic E-state index is 6.75. The minimum absolute atomic E-state index is 0.106. The molecular weight excluding hydrogens is 504 g/mol. The highest BCUT2D eigenvalue weighted by molar-refractivity contribution is 5.41. The molecule has 0 saturated heterocycles. The molecule has 0 bridgehead atoms. The van der Waals surface area contributed by atoms with Crippen LogP contribution < -0.4 is 4.74 Å². The lowest BCUT2D eigenvalue weighted by molar-refractivity contribution is -0.0935. The largest absolute Gasteiger partial charge is 0.489 e. The molecule has 3 aromatic rings. The second-order valence-corrected chi connectivity index (χ2v) is 14.1. The van der Waals surface area contributed by atoms with Gasteiger partial charge >= 0.3 is 0 Å². The van der Waals surface area contributed by atoms with Gasteiger partial charge in [-0.2, -0.15) is 0 Å². The third-order valence-corrected chi connectivity index (χ3v) is 10.3. The van der Waals surface area contributed by atoms with E-state index in [1.54, 1.807) is 5.56 Å². The van der Waals surface area contributed by atoms with Crippen molar-refractivity contribution in [2.75, 3.05) is 6.61 Å². The smallest absolute Gasteiger partial charge is 0.120 e. The van der Waals surface area contributed by atoms with E-state index >= 15 is 0 Å². The van der Waals surface area contributed by atoms with E-state index in [2.05, 4.69) is 107 Å². The highest BCUT2D eigenvalue weighted by Crippen LogP contribution is 2.64. The summed E-state index contributed by atoms with van der Waals surface area (Å²) in [5.74, 6) is 3.61. The number of fused-ring (bicyclic) bond motifs is 5. The molecule has 0 aromatic heterocycles. The standard InChI is InChI=1S/C38H48O3/c1-37(2,3)41-22-21-30-24-38(4)34(19-20-35(38)40-26-28-13-9-6-10-14-28)33-17-15-29-23-31(16-18-32(29)36(30)33)39-25-27-11-7-5-8-12-27/h5-14,16,18,23,30,33-36H,15,17,19-22,24-26H2,1-4H3/t30-,33-,34-,35?,36+,38-/m0/s1. The first kappa shape index (κ1) is 28.5. The molecule has 0 amide bonds. The van der Waals surface area contributed by atoms with Crippen LogP contribution in [-0.2, 0) is 29.1 Å². The second-order valence-electron chi connectivity index (χ2n) is 14.1. The molecule has 6 atom stereocenters. The van der Waals surface area contributed by atoms with E-state index in [0.29, 0.717) is 37.1 Å². The molecule has 2 saturated carbocycles. The summed E-state index contributed by atoms with van der Waals surface area (Å²) in [6.07, 6.45) is 7.54. The second kappa shape index (κ2) is 11.9. The Hall–Kier alpha value is -2.62. The molecule has 2 fully saturated rings. The molecule has 0 aliphatic heterocycles. The van der Waals surface area contributed by atoms with Crippen molar-refractivity contribution in [3.63, 3.8) is 0 Å². The van der Waals surface area contributed by atoms with Gasteiger partial charge in [0.2, 0.25) is 0 Å². The Morgan fingerprint density at radius 3 is 2.24 bits per heavy atom. The molecular formula is C38H48O3. The Labute approximate surface area is 247 Å². The molecule has 0 spiro atoms. The third kappa shape index (κ3) is 6.27. The van der Waals surface area contributed by atoms with Crippen molar-refractivity contribution in [2.24, 2.45) is 23.2 Å². The van der Waals surface area contributed by atoms with Crippen LogP contribution in [0.3, 0.4) is 0 Å². The summed E-state index contributed by atoms with van der Waals surface area (Å²) < 4.78 is 19.3. The summed E-state index contributed by atoms with van der Waals surface area (Å²) in [7, 11) is 0. The summed E-state index contributed by atoms with van der Waals surface area (Å²) in [4.78, 5) is 0. The van der Waals surface area contributed by atoms with Gasteiger partial charge in [0.25, 0.3) is 0 Å². The maximum absolute atomic E-state index is 6.75. The van der Waals surface area contributed by atoms with Crippen LogP contribution in [0.1, 0.15) is 88.0 Å². The molecule has 0 N–H and O–H groups in total. The van der Waals surface area contributed by atoms with Gasteiger partial charge in [-0.05, 0) is 123 Å². The van der Waals surface area contributed by atoms with Gasteiger partial charge in [-0.1, -0.05) is 73.7 Å². The average molecular weight is 553 g/mol. The minimum Gasteiger partial charge on any atom is -0.489 e. The molecule has 3 aliphatic rings. The molecule has 41 heavy (non-hydrogen) atoms. The molecule has 6 rings (SSSR count). The maximum Gasteiger partial charge on any atom is 0.120 e. The van der Waals surface area contributed by atoms with Gasteiger partial charge in [0.1, 0.15) is 12.4 Å². The third-order valence-electron chi connectivity index (χ3n) is 10.3. The molecule has 0 radical (unpaired) electrons. The molecule has 1 unspecified atom stereocenters. The van der Waals surface area contributed by atoms with E-state index in [9.17, 15) is 0 Å². The van der Waals surface area contributed by atoms with Crippen molar-refractivity contribution >= 4 is 0 Å². The Morgan fingerprint density at radius 2 is 1.54 bits per heavy atom. The molecule has 218 valence electrons. The number of aryl methyl sites for hydroxylation is 1. The number of benzene rings is 3. The Bertz CT molecular complexity index is 1280. The van der Waals surface area contributed by atoms with E-state index < -0.39 is 0 Å². The Balaban J connectivity index is 1.23. The van der Waals surface area contributed by atoms with Gasteiger partial charge in [0.15, 0.2) is 0 Å². The molecule has 3 heteroatoms. The monoisotopic (exact) mass is 552 g/mol. The van der Waals surface area contributed by atoms with Crippen LogP contribution in [-0.4, -0.2) is 18.3 Å². The van der Waals surface area contributed by atoms with Crippen LogP contribution in [0.4, 0.5) is 0 Å². The van der Waals surface area contributed by atoms with E-state index in [-0.39, 0.29) is 11.0 Å². The van der Waals surface area contributed by atoms with Gasteiger partial charge in [0.05, 0.1) is 18.3 Å². The van der Waals surface area contributed by atoms with E-state index in [1.165, 1.54) is 42.4 Å². The summed E-state index contributed by atoms with van der Waals surface area (Å²) in [6.45, 7) is 11.2. The van der Waals surface area contributed by atoms with Gasteiger partial charge < -0.3 is 14.2 Å². The average Bonchev–Trinajstić information content (AvgIpc) is 3.30. The lowest BCUT2D eigenvalue weighted by Crippen LogP contribution is -2.48. The van der Waals surface area contributed by atoms with Crippen molar-refractivity contribution in [3.8, 4) is 5.75 Å². The van der Waals surface area contributed by atoms with Crippen molar-refractivity contribution in [2.45, 2.75) is 97.1 Å². The topological polar surface area (TPSA) is 27.7 Å². The zero-order valence-corrected chi connectivity index (χ0v) is 25.5. The van der Waals surface area contributed by atoms with Crippen molar-refractivity contribution in [1.82, 2.24) is 0 Å². The van der Waals surface area contributed by atoms with Gasteiger partial charge in [-0.3, -0.25) is 0 Å². The predicted molar refractivity (Wildman–Crippen MR) is 166 cm³/mol. The lowest BCUT2D eigenvalue weighted by atomic mass is 9.51. The zero-order chi connectivity index (χ0) is 28.5. The fourth-order valence-electron chi connectivity index (χ4n) is 8.49. The van der Waals surface area contributed by atoms with Crippen LogP contribution in [0.25, 0.3) is 0 Å². The molecule has 0 heterocycles. The quantitative estimate of drug-likeness (QED) is 0.265. The first-order valence-corrected chi connectivity index (χ1v) is 15.9. The first-order valence-electron chi connectivity index (χ1n) is 15.9. The normalized spacial score (nSPS) is 28.9. The van der Waals surface area contributed by atoms with Crippen LogP contribution in [0.5, 0.6) is 5.75 Å². The summed E-state index contributed by atoms with van der Waals surface area (Å²) >= 11 is 0. The highest BCUT2D eigenvalue weighted by atomic mass is 16.5. The number of hydrogen-bond donors (Lipinski definition) is 0. The molecule has 3 nitrogen and oxygen atoms in total. The minimum atomic E-state index is -0.106. The van der Waals surface area contributed by atoms with E-state index in [1.807, 2.05) is 0 Å². The van der Waals surface area contributed by atoms with Crippen LogP contribution >= 0.6 is 0 Å². The van der Waals surface area contributed by atoms with Gasteiger partial charge in [0, 0.05) is 6.61 Å². The Morgan fingerprint density at radius 1 is 0.829 bits per heavy atom. The van der Waals surface area contributed by atoms with E-state index in [0.717, 1.165) is 31.1 Å². The van der Waals surface area contributed by atoms with Crippen molar-refractivity contribution in [3.05, 3.63) is 101 Å². The SMILES string of the molecule is CC(C)(C)OCC[C@H]1C[C@]2(C)C(OCc3ccccc3)CC[C@H]2[C@@H]2CCc3cc(OCc4ccccc4)ccc3[C@@H]12. The number of hydrogen-bond acceptors (Lipinski definition) is 3. The zero-order valence-electron chi connectivity index (χ0n) is 25.5. The molecule has 3 aromatic carbocycles. The fourth-order valence-corrected chi connectivity index (χ4v) is 8.49. The fraction of sp³-hybridized carbons (Fsp3) is 0.526. The van der Waals surface area contributed by atoms with Gasteiger partial charge in [-0.15, -0.1) is 0 Å². The van der Waals surface area contributed by atoms with Crippen LogP contribution in [0.15, 0.2) is 78.9 Å². The lowest BCUT2D eigenvalue weighted by Gasteiger charge is -2.54. The summed E-state index contributed by atoms with van der Waals surface area (Å²) in [6, 6.07) is 28.1. The first-order chi connectivity index (χ1) is 19.8. The summed E-state index contributed by atoms with van der Waals surface area (Å²) in [5.41, 5.74) is 5.67. The van der Waals surface area contributed by atoms with Crippen molar-refractivity contribution in [1.29, 1.82) is 0 Å². The van der Waals surface area contributed by atoms with Crippen molar-refractivity contribution < 1.29 is 14.2 Å². The highest BCUT2D eigenvalue weighted by Gasteiger charge is 2.58. The Kier molecular flexibility index (Phi) is 8.30. The summed E-state index contributed by atoms with van der Waals surface area (Å²) in [5, 5.41) is 0. The van der Waals surface area contributed by atoms with Crippen LogP contribution in [0, 0.1) is 23.2 Å². The predicted octanol–water partition coefficient (Wildman–Crippen LogP) is 9.14. The number of ether oxygens (including phenoxy) is 3. The van der Waals surface area contributed by atoms with Gasteiger partial charge in [-0.25, -0.2) is 0 Å². The van der Waals surface area contributed by atoms with Crippen LogP contribution in [0.2, 0.25) is 0 Å². The number of rotatable bonds is 9. The molecule has 3 aliphatic carbocycles. The van der Waals surface area contributed by atoms with E-state index in [4.69, 9.17) is 14.2 Å².